The Balaban J connectivity index is 1.75. The molecule has 0 unspecified atom stereocenters. The molecule has 0 N–H and O–H groups in total. The molecule has 7 nitrogen and oxygen atoms in total. The maximum atomic E-state index is 13.5. The monoisotopic (exact) mass is 535 g/mol. The van der Waals surface area contributed by atoms with Crippen molar-refractivity contribution in [3.05, 3.63) is 67.8 Å². The van der Waals surface area contributed by atoms with E-state index in [2.05, 4.69) is 47.1 Å². The van der Waals surface area contributed by atoms with E-state index in [9.17, 15) is 14.9 Å². The van der Waals surface area contributed by atoms with Crippen molar-refractivity contribution >= 4 is 46.1 Å². The van der Waals surface area contributed by atoms with Crippen LogP contribution in [0.25, 0.3) is 6.08 Å². The van der Waals surface area contributed by atoms with Crippen LogP contribution in [0.5, 0.6) is 0 Å². The summed E-state index contributed by atoms with van der Waals surface area (Å²) in [6, 6.07) is 12.6. The zero-order valence-electron chi connectivity index (χ0n) is 21.7. The Kier molecular flexibility index (Phi) is 8.85. The van der Waals surface area contributed by atoms with Gasteiger partial charge in [-0.25, -0.2) is 0 Å². The summed E-state index contributed by atoms with van der Waals surface area (Å²) < 4.78 is 2.29. The maximum absolute atomic E-state index is 13.5. The standard InChI is InChI=1S/C28H33N5O2S2/c1-4-6-12-33-25(31-15-13-30(14-16-31)19-21-10-8-7-9-11-21)22(20(3)23(18-29)26(33)34)17-24-27(35)32(5-2)28(36)37-24/h7-11,17H,4-6,12-16,19H2,1-3H3. The van der Waals surface area contributed by atoms with E-state index in [4.69, 9.17) is 12.2 Å². The van der Waals surface area contributed by atoms with Crippen LogP contribution >= 0.6 is 24.0 Å². The van der Waals surface area contributed by atoms with E-state index in [1.165, 1.54) is 17.3 Å². The molecule has 0 spiro atoms. The summed E-state index contributed by atoms with van der Waals surface area (Å²) in [6.07, 6.45) is 3.60. The summed E-state index contributed by atoms with van der Waals surface area (Å²) in [5.74, 6) is 0.677. The van der Waals surface area contributed by atoms with Crippen molar-refractivity contribution in [2.75, 3.05) is 37.6 Å². The number of unbranched alkanes of at least 4 members (excludes halogenated alkanes) is 1. The van der Waals surface area contributed by atoms with Gasteiger partial charge in [-0.2, -0.15) is 5.26 Å². The lowest BCUT2D eigenvalue weighted by atomic mass is 10.0. The highest BCUT2D eigenvalue weighted by Crippen LogP contribution is 2.36. The van der Waals surface area contributed by atoms with Crippen molar-refractivity contribution in [1.29, 1.82) is 5.26 Å². The molecule has 2 aliphatic rings. The Hall–Kier alpha value is -2.93. The normalized spacial score (nSPS) is 17.6. The van der Waals surface area contributed by atoms with Gasteiger partial charge in [0.2, 0.25) is 0 Å². The molecule has 4 rings (SSSR count). The van der Waals surface area contributed by atoms with Crippen molar-refractivity contribution in [1.82, 2.24) is 14.4 Å². The number of benzene rings is 1. The van der Waals surface area contributed by atoms with Crippen LogP contribution < -0.4 is 10.5 Å². The highest BCUT2D eigenvalue weighted by atomic mass is 32.2. The molecule has 2 saturated heterocycles. The molecule has 0 atom stereocenters. The molecular weight excluding hydrogens is 502 g/mol. The number of amides is 1. The fraction of sp³-hybridized carbons (Fsp3) is 0.429. The van der Waals surface area contributed by atoms with Gasteiger partial charge >= 0.3 is 0 Å². The Morgan fingerprint density at radius 2 is 1.81 bits per heavy atom. The number of aromatic nitrogens is 1. The van der Waals surface area contributed by atoms with Gasteiger partial charge in [-0.15, -0.1) is 0 Å². The van der Waals surface area contributed by atoms with Gasteiger partial charge in [0.1, 0.15) is 21.8 Å². The lowest BCUT2D eigenvalue weighted by Crippen LogP contribution is -2.48. The average Bonchev–Trinajstić information content (AvgIpc) is 3.18. The zero-order chi connectivity index (χ0) is 26.5. The lowest BCUT2D eigenvalue weighted by molar-refractivity contribution is -0.121. The molecule has 2 fully saturated rings. The van der Waals surface area contributed by atoms with Crippen LogP contribution in [0.1, 0.15) is 48.9 Å². The zero-order valence-corrected chi connectivity index (χ0v) is 23.3. The minimum absolute atomic E-state index is 0.125. The molecule has 37 heavy (non-hydrogen) atoms. The number of thioether (sulfide) groups is 1. The number of anilines is 1. The summed E-state index contributed by atoms with van der Waals surface area (Å²) in [5, 5.41) is 9.88. The number of piperazine rings is 1. The van der Waals surface area contributed by atoms with Crippen molar-refractivity contribution in [2.45, 2.75) is 46.7 Å². The number of carbonyl (C=O) groups is 1. The molecule has 1 aromatic heterocycles. The van der Waals surface area contributed by atoms with Crippen LogP contribution in [-0.2, 0) is 17.9 Å². The molecule has 3 heterocycles. The summed E-state index contributed by atoms with van der Waals surface area (Å²) in [5.41, 5.74) is 2.54. The molecule has 0 bridgehead atoms. The third kappa shape index (κ3) is 5.66. The van der Waals surface area contributed by atoms with Crippen LogP contribution in [0.3, 0.4) is 0 Å². The van der Waals surface area contributed by atoms with Crippen LogP contribution in [0, 0.1) is 18.3 Å². The van der Waals surface area contributed by atoms with Crippen molar-refractivity contribution in [3.8, 4) is 6.07 Å². The summed E-state index contributed by atoms with van der Waals surface area (Å²) in [4.78, 5) is 33.3. The first-order chi connectivity index (χ1) is 17.9. The van der Waals surface area contributed by atoms with Gasteiger partial charge in [-0.1, -0.05) is 67.7 Å². The second-order valence-electron chi connectivity index (χ2n) is 9.33. The van der Waals surface area contributed by atoms with E-state index in [1.54, 1.807) is 9.47 Å². The highest BCUT2D eigenvalue weighted by Gasteiger charge is 2.32. The maximum Gasteiger partial charge on any atom is 0.270 e. The fourth-order valence-corrected chi connectivity index (χ4v) is 6.24. The van der Waals surface area contributed by atoms with Crippen LogP contribution in [0.2, 0.25) is 0 Å². The molecule has 1 amide bonds. The molecule has 2 aromatic rings. The molecule has 9 heteroatoms. The summed E-state index contributed by atoms with van der Waals surface area (Å²) in [6.45, 7) is 10.9. The lowest BCUT2D eigenvalue weighted by Gasteiger charge is -2.38. The first-order valence-corrected chi connectivity index (χ1v) is 14.1. The molecular formula is C28H33N5O2S2. The van der Waals surface area contributed by atoms with Crippen LogP contribution in [0.4, 0.5) is 5.82 Å². The molecule has 1 aromatic carbocycles. The van der Waals surface area contributed by atoms with Crippen molar-refractivity contribution in [3.63, 3.8) is 0 Å². The average molecular weight is 536 g/mol. The number of rotatable bonds is 8. The SMILES string of the molecule is CCCCn1c(N2CCN(Cc3ccccc3)CC2)c(C=C2SC(=S)N(CC)C2=O)c(C)c(C#N)c1=O. The number of hydrogen-bond donors (Lipinski definition) is 0. The molecule has 0 radical (unpaired) electrons. The number of carbonyl (C=O) groups excluding carboxylic acids is 1. The van der Waals surface area contributed by atoms with E-state index in [0.717, 1.165) is 56.9 Å². The quantitative estimate of drug-likeness (QED) is 0.367. The van der Waals surface area contributed by atoms with Gasteiger partial charge in [-0.3, -0.25) is 24.0 Å². The van der Waals surface area contributed by atoms with Gasteiger partial charge in [0, 0.05) is 51.4 Å². The number of hydrogen-bond acceptors (Lipinski definition) is 7. The number of nitrogens with zero attached hydrogens (tertiary/aromatic N) is 5. The third-order valence-corrected chi connectivity index (χ3v) is 8.35. The third-order valence-electron chi connectivity index (χ3n) is 6.97. The van der Waals surface area contributed by atoms with Crippen LogP contribution in [-0.4, -0.2) is 57.3 Å². The Labute approximate surface area is 228 Å². The molecule has 0 aliphatic carbocycles. The number of thiocarbonyl (C=S) groups is 1. The number of likely N-dealkylation sites (N-methyl/N-ethyl adjacent to an activating group) is 1. The van der Waals surface area contributed by atoms with E-state index in [1.807, 2.05) is 26.0 Å². The van der Waals surface area contributed by atoms with Gasteiger partial charge in [-0.05, 0) is 37.5 Å². The number of nitriles is 1. The van der Waals surface area contributed by atoms with Gasteiger partial charge in [0.05, 0.1) is 4.91 Å². The molecule has 0 saturated carbocycles. The first-order valence-electron chi connectivity index (χ1n) is 12.8. The van der Waals surface area contributed by atoms with E-state index < -0.39 is 0 Å². The Morgan fingerprint density at radius 3 is 2.41 bits per heavy atom. The molecule has 2 aliphatic heterocycles. The van der Waals surface area contributed by atoms with Crippen molar-refractivity contribution < 1.29 is 4.79 Å². The van der Waals surface area contributed by atoms with Gasteiger partial charge in [0.25, 0.3) is 11.5 Å². The smallest absolute Gasteiger partial charge is 0.270 e. The predicted molar refractivity (Wildman–Crippen MR) is 155 cm³/mol. The Bertz CT molecular complexity index is 1300. The van der Waals surface area contributed by atoms with E-state index >= 15 is 0 Å². The summed E-state index contributed by atoms with van der Waals surface area (Å²) >= 11 is 6.70. The van der Waals surface area contributed by atoms with Gasteiger partial charge < -0.3 is 4.90 Å². The largest absolute Gasteiger partial charge is 0.355 e. The minimum atomic E-state index is -0.256. The second kappa shape index (κ2) is 12.1. The summed E-state index contributed by atoms with van der Waals surface area (Å²) in [7, 11) is 0. The predicted octanol–water partition coefficient (Wildman–Crippen LogP) is 4.37. The number of pyridine rings is 1. The van der Waals surface area contributed by atoms with E-state index in [0.29, 0.717) is 27.9 Å². The molecule has 194 valence electrons. The van der Waals surface area contributed by atoms with E-state index in [-0.39, 0.29) is 17.0 Å². The van der Waals surface area contributed by atoms with Gasteiger partial charge in [0.15, 0.2) is 0 Å². The van der Waals surface area contributed by atoms with Crippen molar-refractivity contribution in [2.24, 2.45) is 0 Å². The topological polar surface area (TPSA) is 72.6 Å². The first kappa shape index (κ1) is 27.1. The fourth-order valence-electron chi connectivity index (χ4n) is 4.87. The van der Waals surface area contributed by atoms with Crippen LogP contribution in [0.15, 0.2) is 40.0 Å². The minimum Gasteiger partial charge on any atom is -0.355 e. The second-order valence-corrected chi connectivity index (χ2v) is 11.0. The Morgan fingerprint density at radius 1 is 1.11 bits per heavy atom. The highest BCUT2D eigenvalue weighted by molar-refractivity contribution is 8.26.